The van der Waals surface area contributed by atoms with Gasteiger partial charge in [-0.05, 0) is 31.1 Å². The molecule has 4 heterocycles. The number of piperidine rings is 1. The Hall–Kier alpha value is -3.00. The molecule has 1 fully saturated rings. The number of rotatable bonds is 5. The van der Waals surface area contributed by atoms with Crippen LogP contribution in [0.5, 0.6) is 0 Å². The van der Waals surface area contributed by atoms with Gasteiger partial charge in [0.15, 0.2) is 10.9 Å². The van der Waals surface area contributed by atoms with Crippen molar-refractivity contribution in [1.29, 1.82) is 0 Å². The molecule has 1 saturated heterocycles. The van der Waals surface area contributed by atoms with Crippen molar-refractivity contribution in [1.82, 2.24) is 19.9 Å². The third-order valence-electron chi connectivity index (χ3n) is 4.40. The van der Waals surface area contributed by atoms with Crippen molar-refractivity contribution in [2.75, 3.05) is 18.4 Å². The Kier molecular flexibility index (Phi) is 5.24. The van der Waals surface area contributed by atoms with E-state index in [0.717, 1.165) is 30.2 Å². The lowest BCUT2D eigenvalue weighted by atomic mass is 9.95. The molecule has 1 amide bonds. The van der Waals surface area contributed by atoms with E-state index in [0.29, 0.717) is 18.1 Å². The summed E-state index contributed by atoms with van der Waals surface area (Å²) in [6.07, 6.45) is 11.8. The smallest absolute Gasteiger partial charge is 0.246 e. The van der Waals surface area contributed by atoms with E-state index in [4.69, 9.17) is 4.42 Å². The summed E-state index contributed by atoms with van der Waals surface area (Å²) in [5, 5.41) is 6.00. The minimum atomic E-state index is 0.00392. The molecule has 27 heavy (non-hydrogen) atoms. The quantitative estimate of drug-likeness (QED) is 0.679. The van der Waals surface area contributed by atoms with E-state index in [2.05, 4.69) is 25.6 Å². The molecule has 8 heteroatoms. The standard InChI is InChI=1S/C19H19N5O2S/c25-18(6-5-15-4-2-10-26-15)24-9-1-3-14(12-24)16-13-27-19(22-16)23-17-11-20-7-8-21-17/h2,4-8,10-11,13-14H,1,3,9,12H2,(H,21,22,23)/b6-5+/t14-/m1/s1. The van der Waals surface area contributed by atoms with E-state index in [1.165, 1.54) is 11.3 Å². The molecule has 7 nitrogen and oxygen atoms in total. The number of hydrogen-bond acceptors (Lipinski definition) is 7. The fourth-order valence-electron chi connectivity index (χ4n) is 3.07. The fourth-order valence-corrected chi connectivity index (χ4v) is 3.87. The van der Waals surface area contributed by atoms with Gasteiger partial charge in [0.05, 0.1) is 18.2 Å². The molecule has 138 valence electrons. The maximum absolute atomic E-state index is 12.5. The average molecular weight is 381 g/mol. The SMILES string of the molecule is O=C(/C=C/c1ccco1)N1CCC[C@@H](c2csc(Nc3cnccn3)n2)C1. The van der Waals surface area contributed by atoms with E-state index in [9.17, 15) is 4.79 Å². The summed E-state index contributed by atoms with van der Waals surface area (Å²) in [5.74, 6) is 1.59. The molecule has 1 aliphatic rings. The minimum absolute atomic E-state index is 0.00392. The van der Waals surface area contributed by atoms with Crippen LogP contribution < -0.4 is 5.32 Å². The van der Waals surface area contributed by atoms with Crippen LogP contribution in [-0.4, -0.2) is 38.8 Å². The van der Waals surface area contributed by atoms with Gasteiger partial charge in [-0.3, -0.25) is 9.78 Å². The topological polar surface area (TPSA) is 84.2 Å². The van der Waals surface area contributed by atoms with E-state index in [-0.39, 0.29) is 11.8 Å². The van der Waals surface area contributed by atoms with Crippen LogP contribution >= 0.6 is 11.3 Å². The van der Waals surface area contributed by atoms with Crippen molar-refractivity contribution in [2.24, 2.45) is 0 Å². The van der Waals surface area contributed by atoms with Gasteiger partial charge in [-0.15, -0.1) is 11.3 Å². The Balaban J connectivity index is 1.39. The molecule has 0 unspecified atom stereocenters. The second kappa shape index (κ2) is 8.13. The maximum Gasteiger partial charge on any atom is 0.246 e. The highest BCUT2D eigenvalue weighted by Crippen LogP contribution is 2.30. The van der Waals surface area contributed by atoms with Gasteiger partial charge in [0.2, 0.25) is 5.91 Å². The van der Waals surface area contributed by atoms with E-state index >= 15 is 0 Å². The summed E-state index contributed by atoms with van der Waals surface area (Å²) in [5.41, 5.74) is 1.01. The van der Waals surface area contributed by atoms with Gasteiger partial charge in [0.25, 0.3) is 0 Å². The van der Waals surface area contributed by atoms with Gasteiger partial charge < -0.3 is 14.6 Å². The predicted octanol–water partition coefficient (Wildman–Crippen LogP) is 3.69. The molecule has 0 saturated carbocycles. The summed E-state index contributed by atoms with van der Waals surface area (Å²) in [6, 6.07) is 3.62. The van der Waals surface area contributed by atoms with Crippen LogP contribution in [-0.2, 0) is 4.79 Å². The number of carbonyl (C=O) groups excluding carboxylic acids is 1. The molecule has 1 atom stereocenters. The van der Waals surface area contributed by atoms with Crippen LogP contribution in [0, 0.1) is 0 Å². The Bertz CT molecular complexity index is 907. The summed E-state index contributed by atoms with van der Waals surface area (Å²) < 4.78 is 5.23. The average Bonchev–Trinajstić information content (AvgIpc) is 3.39. The number of aromatic nitrogens is 3. The van der Waals surface area contributed by atoms with Crippen molar-refractivity contribution in [3.63, 3.8) is 0 Å². The van der Waals surface area contributed by atoms with Crippen LogP contribution in [0.25, 0.3) is 6.08 Å². The number of thiazole rings is 1. The maximum atomic E-state index is 12.5. The third-order valence-corrected chi connectivity index (χ3v) is 5.18. The lowest BCUT2D eigenvalue weighted by Crippen LogP contribution is -2.38. The van der Waals surface area contributed by atoms with Gasteiger partial charge in [-0.25, -0.2) is 9.97 Å². The molecule has 0 aliphatic carbocycles. The van der Waals surface area contributed by atoms with E-state index in [1.807, 2.05) is 11.0 Å². The van der Waals surface area contributed by atoms with Gasteiger partial charge in [-0.1, -0.05) is 0 Å². The van der Waals surface area contributed by atoms with Crippen molar-refractivity contribution in [2.45, 2.75) is 18.8 Å². The predicted molar refractivity (Wildman–Crippen MR) is 104 cm³/mol. The van der Waals surface area contributed by atoms with Crippen LogP contribution in [0.4, 0.5) is 10.9 Å². The van der Waals surface area contributed by atoms with Crippen molar-refractivity contribution >= 4 is 34.3 Å². The summed E-state index contributed by atoms with van der Waals surface area (Å²) in [7, 11) is 0. The first-order valence-corrected chi connectivity index (χ1v) is 9.65. The molecule has 0 bridgehead atoms. The lowest BCUT2D eigenvalue weighted by Gasteiger charge is -2.31. The molecule has 0 radical (unpaired) electrons. The number of amides is 1. The Morgan fingerprint density at radius 2 is 2.37 bits per heavy atom. The highest BCUT2D eigenvalue weighted by molar-refractivity contribution is 7.13. The zero-order valence-corrected chi connectivity index (χ0v) is 15.4. The number of nitrogens with one attached hydrogen (secondary N) is 1. The first-order valence-electron chi connectivity index (χ1n) is 8.77. The third kappa shape index (κ3) is 4.40. The highest BCUT2D eigenvalue weighted by Gasteiger charge is 2.25. The molecule has 1 aliphatic heterocycles. The van der Waals surface area contributed by atoms with Crippen LogP contribution in [0.3, 0.4) is 0 Å². The number of nitrogens with zero attached hydrogens (tertiary/aromatic N) is 4. The van der Waals surface area contributed by atoms with Crippen LogP contribution in [0.1, 0.15) is 30.2 Å². The number of likely N-dealkylation sites (tertiary alicyclic amines) is 1. The molecular formula is C19H19N5O2S. The molecule has 3 aromatic rings. The number of anilines is 2. The fraction of sp³-hybridized carbons (Fsp3) is 0.263. The van der Waals surface area contributed by atoms with Gasteiger partial charge >= 0.3 is 0 Å². The molecule has 0 aromatic carbocycles. The van der Waals surface area contributed by atoms with Crippen molar-refractivity contribution in [3.8, 4) is 0 Å². The van der Waals surface area contributed by atoms with E-state index in [1.54, 1.807) is 43.1 Å². The largest absolute Gasteiger partial charge is 0.465 e. The Labute approximate surface area is 160 Å². The molecule has 0 spiro atoms. The number of furan rings is 1. The Morgan fingerprint density at radius 1 is 1.41 bits per heavy atom. The summed E-state index contributed by atoms with van der Waals surface area (Å²) >= 11 is 1.54. The summed E-state index contributed by atoms with van der Waals surface area (Å²) in [4.78, 5) is 27.3. The molecule has 1 N–H and O–H groups in total. The van der Waals surface area contributed by atoms with Crippen molar-refractivity contribution in [3.05, 3.63) is 59.9 Å². The van der Waals surface area contributed by atoms with Crippen LogP contribution in [0.2, 0.25) is 0 Å². The summed E-state index contributed by atoms with van der Waals surface area (Å²) in [6.45, 7) is 1.45. The lowest BCUT2D eigenvalue weighted by molar-refractivity contribution is -0.127. The van der Waals surface area contributed by atoms with Crippen LogP contribution in [0.15, 0.2) is 52.9 Å². The number of carbonyl (C=O) groups is 1. The first kappa shape index (κ1) is 17.4. The van der Waals surface area contributed by atoms with Crippen molar-refractivity contribution < 1.29 is 9.21 Å². The molecule has 3 aromatic heterocycles. The monoisotopic (exact) mass is 381 g/mol. The zero-order chi connectivity index (χ0) is 18.5. The molecular weight excluding hydrogens is 362 g/mol. The number of hydrogen-bond donors (Lipinski definition) is 1. The van der Waals surface area contributed by atoms with Gasteiger partial charge in [-0.2, -0.15) is 0 Å². The normalized spacial score (nSPS) is 17.3. The highest BCUT2D eigenvalue weighted by atomic mass is 32.1. The van der Waals surface area contributed by atoms with Gasteiger partial charge in [0, 0.05) is 42.9 Å². The zero-order valence-electron chi connectivity index (χ0n) is 14.6. The molecule has 4 rings (SSSR count). The first-order chi connectivity index (χ1) is 13.3. The van der Waals surface area contributed by atoms with Gasteiger partial charge in [0.1, 0.15) is 5.76 Å². The second-order valence-corrected chi connectivity index (χ2v) is 7.12. The second-order valence-electron chi connectivity index (χ2n) is 6.27. The van der Waals surface area contributed by atoms with E-state index < -0.39 is 0 Å². The Morgan fingerprint density at radius 3 is 3.19 bits per heavy atom. The minimum Gasteiger partial charge on any atom is -0.465 e.